The Morgan fingerprint density at radius 1 is 1.54 bits per heavy atom. The highest BCUT2D eigenvalue weighted by atomic mass is 16.3. The zero-order valence-corrected chi connectivity index (χ0v) is 7.78. The van der Waals surface area contributed by atoms with Gasteiger partial charge in [-0.15, -0.1) is 0 Å². The summed E-state index contributed by atoms with van der Waals surface area (Å²) >= 11 is 0. The van der Waals surface area contributed by atoms with E-state index in [-0.39, 0.29) is 24.5 Å². The van der Waals surface area contributed by atoms with Gasteiger partial charge < -0.3 is 5.11 Å². The third-order valence-electron chi connectivity index (χ3n) is 2.18. The van der Waals surface area contributed by atoms with Gasteiger partial charge in [-0.05, 0) is 13.3 Å². The Morgan fingerprint density at radius 2 is 2.15 bits per heavy atom. The maximum Gasteiger partial charge on any atom is 0.256 e. The smallest absolute Gasteiger partial charge is 0.256 e. The molecule has 1 rings (SSSR count). The van der Waals surface area contributed by atoms with Gasteiger partial charge in [0, 0.05) is 11.6 Å². The number of hydrogen-bond donors (Lipinski definition) is 1. The zero-order valence-electron chi connectivity index (χ0n) is 7.78. The van der Waals surface area contributed by atoms with Crippen LogP contribution in [-0.2, 0) is 9.59 Å². The molecule has 1 N–H and O–H groups in total. The number of carbonyl (C=O) groups excluding carboxylic acids is 2. The van der Waals surface area contributed by atoms with E-state index in [1.165, 1.54) is 6.08 Å². The highest BCUT2D eigenvalue weighted by Crippen LogP contribution is 2.16. The fourth-order valence-electron chi connectivity index (χ4n) is 1.35. The number of imide groups is 1. The molecule has 0 aromatic carbocycles. The number of rotatable bonds is 3. The summed E-state index contributed by atoms with van der Waals surface area (Å²) in [6.45, 7) is 3.26. The van der Waals surface area contributed by atoms with E-state index in [9.17, 15) is 9.59 Å². The van der Waals surface area contributed by atoms with Gasteiger partial charge in [-0.3, -0.25) is 14.5 Å². The summed E-state index contributed by atoms with van der Waals surface area (Å²) < 4.78 is 0. The molecule has 0 radical (unpaired) electrons. The van der Waals surface area contributed by atoms with Crippen molar-refractivity contribution in [2.75, 3.05) is 6.61 Å². The van der Waals surface area contributed by atoms with Crippen LogP contribution in [0.5, 0.6) is 0 Å². The van der Waals surface area contributed by atoms with Crippen molar-refractivity contribution < 1.29 is 14.7 Å². The van der Waals surface area contributed by atoms with Crippen molar-refractivity contribution in [1.29, 1.82) is 0 Å². The van der Waals surface area contributed by atoms with Crippen molar-refractivity contribution in [3.8, 4) is 0 Å². The number of nitrogens with zero attached hydrogens (tertiary/aromatic N) is 1. The predicted octanol–water partition coefficient (Wildman–Crippen LogP) is 0.0724. The number of amides is 2. The Labute approximate surface area is 76.8 Å². The molecule has 0 unspecified atom stereocenters. The molecule has 1 aliphatic rings. The molecule has 0 bridgehead atoms. The summed E-state index contributed by atoms with van der Waals surface area (Å²) in [4.78, 5) is 23.8. The Bertz CT molecular complexity index is 266. The van der Waals surface area contributed by atoms with E-state index >= 15 is 0 Å². The average molecular weight is 183 g/mol. The second-order valence-corrected chi connectivity index (χ2v) is 3.09. The minimum atomic E-state index is -0.381. The Hall–Kier alpha value is -1.16. The minimum Gasteiger partial charge on any atom is -0.394 e. The first kappa shape index (κ1) is 9.92. The van der Waals surface area contributed by atoms with Gasteiger partial charge in [-0.2, -0.15) is 0 Å². The average Bonchev–Trinajstić information content (AvgIpc) is 2.34. The molecule has 1 atom stereocenters. The van der Waals surface area contributed by atoms with Crippen molar-refractivity contribution >= 4 is 11.8 Å². The van der Waals surface area contributed by atoms with Crippen molar-refractivity contribution in [2.45, 2.75) is 26.3 Å². The van der Waals surface area contributed by atoms with Gasteiger partial charge in [0.2, 0.25) is 0 Å². The second-order valence-electron chi connectivity index (χ2n) is 3.09. The van der Waals surface area contributed by atoms with Gasteiger partial charge in [-0.25, -0.2) is 0 Å². The van der Waals surface area contributed by atoms with Crippen molar-refractivity contribution in [1.82, 2.24) is 4.90 Å². The molecule has 1 heterocycles. The van der Waals surface area contributed by atoms with E-state index in [4.69, 9.17) is 5.11 Å². The quantitative estimate of drug-likeness (QED) is 0.630. The van der Waals surface area contributed by atoms with Crippen molar-refractivity contribution in [2.24, 2.45) is 0 Å². The van der Waals surface area contributed by atoms with Crippen LogP contribution in [0.4, 0.5) is 0 Å². The lowest BCUT2D eigenvalue weighted by atomic mass is 10.2. The van der Waals surface area contributed by atoms with E-state index in [2.05, 4.69) is 0 Å². The molecule has 13 heavy (non-hydrogen) atoms. The van der Waals surface area contributed by atoms with Crippen LogP contribution in [0.15, 0.2) is 11.6 Å². The molecular formula is C9H13NO3. The van der Waals surface area contributed by atoms with Gasteiger partial charge in [0.25, 0.3) is 11.8 Å². The molecule has 0 aromatic heterocycles. The summed E-state index contributed by atoms with van der Waals surface area (Å²) in [5, 5.41) is 8.94. The SMILES string of the molecule is CC[C@H](CO)N1C(=O)C=C(C)C1=O. The summed E-state index contributed by atoms with van der Waals surface area (Å²) in [5.41, 5.74) is 0.442. The first-order chi connectivity index (χ1) is 6.11. The van der Waals surface area contributed by atoms with Crippen LogP contribution < -0.4 is 0 Å². The van der Waals surface area contributed by atoms with Crippen LogP contribution >= 0.6 is 0 Å². The number of aliphatic hydroxyl groups excluding tert-OH is 1. The van der Waals surface area contributed by atoms with E-state index in [0.29, 0.717) is 12.0 Å². The lowest BCUT2D eigenvalue weighted by Crippen LogP contribution is -2.42. The Morgan fingerprint density at radius 3 is 2.46 bits per heavy atom. The molecule has 0 aliphatic carbocycles. The molecule has 4 heteroatoms. The molecule has 0 saturated carbocycles. The standard InChI is InChI=1S/C9H13NO3/c1-3-7(5-11)10-8(12)4-6(2)9(10)13/h4,7,11H,3,5H2,1-2H3/t7-/m1/s1. The lowest BCUT2D eigenvalue weighted by Gasteiger charge is -2.23. The molecule has 0 aromatic rings. The third kappa shape index (κ3) is 1.62. The monoisotopic (exact) mass is 183 g/mol. The van der Waals surface area contributed by atoms with Crippen LogP contribution in [0, 0.1) is 0 Å². The Balaban J connectivity index is 2.83. The number of carbonyl (C=O) groups is 2. The van der Waals surface area contributed by atoms with E-state index in [1.807, 2.05) is 6.92 Å². The molecular weight excluding hydrogens is 170 g/mol. The van der Waals surface area contributed by atoms with E-state index in [1.54, 1.807) is 6.92 Å². The summed E-state index contributed by atoms with van der Waals surface area (Å²) in [7, 11) is 0. The van der Waals surface area contributed by atoms with Gasteiger partial charge in [-0.1, -0.05) is 6.92 Å². The summed E-state index contributed by atoms with van der Waals surface area (Å²) in [6, 6.07) is -0.381. The van der Waals surface area contributed by atoms with E-state index in [0.717, 1.165) is 4.90 Å². The van der Waals surface area contributed by atoms with Crippen molar-refractivity contribution in [3.63, 3.8) is 0 Å². The molecule has 4 nitrogen and oxygen atoms in total. The molecule has 72 valence electrons. The molecule has 0 saturated heterocycles. The van der Waals surface area contributed by atoms with Crippen LogP contribution in [0.3, 0.4) is 0 Å². The van der Waals surface area contributed by atoms with Crippen LogP contribution in [0.1, 0.15) is 20.3 Å². The maximum absolute atomic E-state index is 11.4. The fraction of sp³-hybridized carbons (Fsp3) is 0.556. The number of hydrogen-bond acceptors (Lipinski definition) is 3. The first-order valence-electron chi connectivity index (χ1n) is 4.28. The van der Waals surface area contributed by atoms with Crippen LogP contribution in [-0.4, -0.2) is 34.5 Å². The highest BCUT2D eigenvalue weighted by Gasteiger charge is 2.33. The van der Waals surface area contributed by atoms with Gasteiger partial charge in [0.05, 0.1) is 12.6 Å². The zero-order chi connectivity index (χ0) is 10.0. The van der Waals surface area contributed by atoms with Gasteiger partial charge in [0.15, 0.2) is 0 Å². The molecule has 1 aliphatic heterocycles. The lowest BCUT2D eigenvalue weighted by molar-refractivity contribution is -0.141. The number of aliphatic hydroxyl groups is 1. The molecule has 0 spiro atoms. The van der Waals surface area contributed by atoms with Crippen LogP contribution in [0.25, 0.3) is 0 Å². The third-order valence-corrected chi connectivity index (χ3v) is 2.18. The van der Waals surface area contributed by atoms with Crippen molar-refractivity contribution in [3.05, 3.63) is 11.6 Å². The van der Waals surface area contributed by atoms with Gasteiger partial charge >= 0.3 is 0 Å². The molecule has 0 fully saturated rings. The Kier molecular flexibility index (Phi) is 2.83. The van der Waals surface area contributed by atoms with Gasteiger partial charge in [0.1, 0.15) is 0 Å². The van der Waals surface area contributed by atoms with E-state index < -0.39 is 0 Å². The summed E-state index contributed by atoms with van der Waals surface area (Å²) in [5.74, 6) is -0.602. The highest BCUT2D eigenvalue weighted by molar-refractivity contribution is 6.16. The fourth-order valence-corrected chi connectivity index (χ4v) is 1.35. The summed E-state index contributed by atoms with van der Waals surface area (Å²) in [6.07, 6.45) is 1.88. The normalized spacial score (nSPS) is 19.3. The van der Waals surface area contributed by atoms with Crippen LogP contribution in [0.2, 0.25) is 0 Å². The topological polar surface area (TPSA) is 57.6 Å². The second kappa shape index (κ2) is 3.70. The molecule has 2 amide bonds. The largest absolute Gasteiger partial charge is 0.394 e. The predicted molar refractivity (Wildman–Crippen MR) is 46.8 cm³/mol. The maximum atomic E-state index is 11.4. The first-order valence-corrected chi connectivity index (χ1v) is 4.28. The minimum absolute atomic E-state index is 0.172.